The average Bonchev–Trinajstić information content (AvgIpc) is 2.66. The molecule has 0 heterocycles. The number of aliphatic imine (C=N–C) groups is 1. The fourth-order valence-corrected chi connectivity index (χ4v) is 2.80. The van der Waals surface area contributed by atoms with Gasteiger partial charge < -0.3 is 20.3 Å². The largest absolute Gasteiger partial charge is 0.490 e. The van der Waals surface area contributed by atoms with Gasteiger partial charge in [0.15, 0.2) is 5.76 Å². The van der Waals surface area contributed by atoms with E-state index in [-0.39, 0.29) is 5.76 Å². The van der Waals surface area contributed by atoms with Gasteiger partial charge in [0.1, 0.15) is 0 Å². The van der Waals surface area contributed by atoms with Crippen LogP contribution in [0.2, 0.25) is 5.02 Å². The van der Waals surface area contributed by atoms with E-state index in [1.54, 1.807) is 6.07 Å². The second-order valence-electron chi connectivity index (χ2n) is 6.27. The lowest BCUT2D eigenvalue weighted by atomic mass is 10.1. The normalized spacial score (nSPS) is 11.4. The molecule has 0 radical (unpaired) electrons. The van der Waals surface area contributed by atoms with E-state index in [0.717, 1.165) is 22.5 Å². The van der Waals surface area contributed by atoms with Gasteiger partial charge in [-0.05, 0) is 42.3 Å². The highest BCUT2D eigenvalue weighted by Gasteiger charge is 2.09. The van der Waals surface area contributed by atoms with Crippen LogP contribution in [0.3, 0.4) is 0 Å². The number of halogens is 1. The topological polar surface area (TPSA) is 66.0 Å². The van der Waals surface area contributed by atoms with Crippen LogP contribution in [-0.2, 0) is 16.1 Å². The molecule has 0 aliphatic heterocycles. The van der Waals surface area contributed by atoms with Gasteiger partial charge in [-0.25, -0.2) is 0 Å². The summed E-state index contributed by atoms with van der Waals surface area (Å²) in [6.07, 6.45) is 2.88. The fourth-order valence-electron chi connectivity index (χ4n) is 2.59. The van der Waals surface area contributed by atoms with Gasteiger partial charge in [-0.3, -0.25) is 9.79 Å². The van der Waals surface area contributed by atoms with Crippen molar-refractivity contribution >= 4 is 35.2 Å². The maximum atomic E-state index is 12.3. The minimum Gasteiger partial charge on any atom is -0.490 e. The minimum atomic E-state index is -0.397. The molecule has 2 aromatic rings. The second kappa shape index (κ2) is 10.4. The molecule has 7 heteroatoms. The predicted molar refractivity (Wildman–Crippen MR) is 116 cm³/mol. The predicted octanol–water partition coefficient (Wildman–Crippen LogP) is 3.96. The van der Waals surface area contributed by atoms with Crippen molar-refractivity contribution in [1.82, 2.24) is 5.32 Å². The van der Waals surface area contributed by atoms with Crippen LogP contribution in [0.1, 0.15) is 11.1 Å². The first kappa shape index (κ1) is 21.3. The Morgan fingerprint density at radius 2 is 2.00 bits per heavy atom. The molecule has 0 aromatic heterocycles. The first-order valence-electron chi connectivity index (χ1n) is 8.73. The Labute approximate surface area is 170 Å². The lowest BCUT2D eigenvalue weighted by molar-refractivity contribution is -0.118. The van der Waals surface area contributed by atoms with Gasteiger partial charge in [0, 0.05) is 36.7 Å². The van der Waals surface area contributed by atoms with E-state index in [2.05, 4.69) is 15.6 Å². The summed E-state index contributed by atoms with van der Waals surface area (Å²) in [5.74, 6) is -0.255. The number of rotatable bonds is 8. The van der Waals surface area contributed by atoms with Crippen molar-refractivity contribution in [1.29, 1.82) is 0 Å². The number of carbonyl (C=O) groups excluding carboxylic acids is 1. The molecular formula is C21H25ClN4O2. The van der Waals surface area contributed by atoms with Crippen LogP contribution < -0.4 is 15.5 Å². The molecule has 2 rings (SSSR count). The summed E-state index contributed by atoms with van der Waals surface area (Å²) in [4.78, 5) is 18.5. The number of nitrogens with zero attached hydrogens (tertiary/aromatic N) is 2. The number of methoxy groups -OCH3 is 1. The number of hydrogen-bond donors (Lipinski definition) is 2. The van der Waals surface area contributed by atoms with E-state index in [0.29, 0.717) is 11.6 Å². The SMILES string of the molecule is CO/C(=C/Nc1cccc(N(C)C)c1C)C(=O)NC=NCc1cccc(Cl)c1. The molecule has 148 valence electrons. The summed E-state index contributed by atoms with van der Waals surface area (Å²) in [6.45, 7) is 2.43. The molecule has 1 amide bonds. The molecule has 0 unspecified atom stereocenters. The van der Waals surface area contributed by atoms with Crippen LogP contribution in [0.25, 0.3) is 0 Å². The van der Waals surface area contributed by atoms with Gasteiger partial charge in [0.25, 0.3) is 5.91 Å². The highest BCUT2D eigenvalue weighted by atomic mass is 35.5. The van der Waals surface area contributed by atoms with Crippen molar-refractivity contribution in [2.75, 3.05) is 31.4 Å². The zero-order chi connectivity index (χ0) is 20.5. The lowest BCUT2D eigenvalue weighted by Gasteiger charge is -2.18. The summed E-state index contributed by atoms with van der Waals surface area (Å²) >= 11 is 5.94. The van der Waals surface area contributed by atoms with Gasteiger partial charge in [-0.15, -0.1) is 0 Å². The Bertz CT molecular complexity index is 878. The van der Waals surface area contributed by atoms with E-state index < -0.39 is 5.91 Å². The van der Waals surface area contributed by atoms with Crippen LogP contribution in [0.4, 0.5) is 11.4 Å². The number of nitrogens with one attached hydrogen (secondary N) is 2. The van der Waals surface area contributed by atoms with Crippen molar-refractivity contribution in [3.8, 4) is 0 Å². The van der Waals surface area contributed by atoms with Gasteiger partial charge in [0.05, 0.1) is 20.0 Å². The molecule has 2 aromatic carbocycles. The number of carbonyl (C=O) groups is 1. The third kappa shape index (κ3) is 6.03. The number of hydrogen-bond acceptors (Lipinski definition) is 5. The molecule has 0 bridgehead atoms. The Balaban J connectivity index is 1.97. The van der Waals surface area contributed by atoms with Crippen LogP contribution in [0.5, 0.6) is 0 Å². The lowest BCUT2D eigenvalue weighted by Crippen LogP contribution is -2.25. The highest BCUT2D eigenvalue weighted by Crippen LogP contribution is 2.25. The summed E-state index contributed by atoms with van der Waals surface area (Å²) in [5.41, 5.74) is 4.01. The van der Waals surface area contributed by atoms with Crippen molar-refractivity contribution < 1.29 is 9.53 Å². The van der Waals surface area contributed by atoms with Crippen molar-refractivity contribution in [2.24, 2.45) is 4.99 Å². The summed E-state index contributed by atoms with van der Waals surface area (Å²) in [5, 5.41) is 6.38. The maximum absolute atomic E-state index is 12.3. The summed E-state index contributed by atoms with van der Waals surface area (Å²) < 4.78 is 5.18. The van der Waals surface area contributed by atoms with Gasteiger partial charge in [-0.2, -0.15) is 0 Å². The molecule has 0 spiro atoms. The molecule has 0 fully saturated rings. The molecule has 0 aliphatic rings. The van der Waals surface area contributed by atoms with E-state index in [1.165, 1.54) is 19.6 Å². The first-order chi connectivity index (χ1) is 13.4. The molecular weight excluding hydrogens is 376 g/mol. The number of ether oxygens (including phenoxy) is 1. The van der Waals surface area contributed by atoms with Crippen LogP contribution >= 0.6 is 11.6 Å². The zero-order valence-electron chi connectivity index (χ0n) is 16.5. The molecule has 0 saturated heterocycles. The summed E-state index contributed by atoms with van der Waals surface area (Å²) in [7, 11) is 5.41. The zero-order valence-corrected chi connectivity index (χ0v) is 17.2. The molecule has 0 aliphatic carbocycles. The van der Waals surface area contributed by atoms with E-state index in [1.807, 2.05) is 62.3 Å². The van der Waals surface area contributed by atoms with Crippen LogP contribution in [0.15, 0.2) is 59.4 Å². The van der Waals surface area contributed by atoms with Crippen molar-refractivity contribution in [3.63, 3.8) is 0 Å². The Kier molecular flexibility index (Phi) is 7.89. The third-order valence-corrected chi connectivity index (χ3v) is 4.27. The van der Waals surface area contributed by atoms with Gasteiger partial charge >= 0.3 is 0 Å². The fraction of sp³-hybridized carbons (Fsp3) is 0.238. The minimum absolute atomic E-state index is 0.142. The number of benzene rings is 2. The Morgan fingerprint density at radius 1 is 1.25 bits per heavy atom. The molecule has 28 heavy (non-hydrogen) atoms. The molecule has 6 nitrogen and oxygen atoms in total. The van der Waals surface area contributed by atoms with Crippen molar-refractivity contribution in [3.05, 3.63) is 70.6 Å². The molecule has 0 atom stereocenters. The van der Waals surface area contributed by atoms with E-state index >= 15 is 0 Å². The van der Waals surface area contributed by atoms with Crippen molar-refractivity contribution in [2.45, 2.75) is 13.5 Å². The van der Waals surface area contributed by atoms with Crippen LogP contribution in [0, 0.1) is 6.92 Å². The smallest absolute Gasteiger partial charge is 0.292 e. The maximum Gasteiger partial charge on any atom is 0.292 e. The Morgan fingerprint density at radius 3 is 2.68 bits per heavy atom. The third-order valence-electron chi connectivity index (χ3n) is 4.04. The second-order valence-corrected chi connectivity index (χ2v) is 6.71. The van der Waals surface area contributed by atoms with E-state index in [9.17, 15) is 4.79 Å². The van der Waals surface area contributed by atoms with Gasteiger partial charge in [0.2, 0.25) is 0 Å². The van der Waals surface area contributed by atoms with E-state index in [4.69, 9.17) is 16.3 Å². The van der Waals surface area contributed by atoms with Crippen LogP contribution in [-0.4, -0.2) is 33.5 Å². The monoisotopic (exact) mass is 400 g/mol. The molecule has 2 N–H and O–H groups in total. The average molecular weight is 401 g/mol. The number of amides is 1. The first-order valence-corrected chi connectivity index (χ1v) is 9.11. The summed E-state index contributed by atoms with van der Waals surface area (Å²) in [6, 6.07) is 13.3. The Hall–Kier alpha value is -2.99. The highest BCUT2D eigenvalue weighted by molar-refractivity contribution is 6.30. The van der Waals surface area contributed by atoms with Gasteiger partial charge in [-0.1, -0.05) is 29.8 Å². The number of anilines is 2. The standard InChI is InChI=1S/C21H25ClN4O2/c1-15-18(9-6-10-19(15)26(2)3)24-13-20(28-4)21(27)25-14-23-12-16-7-5-8-17(22)11-16/h5-11,13-14,24H,12H2,1-4H3,(H,23,25,27)/b20-13+. The quantitative estimate of drug-likeness (QED) is 0.304. The molecule has 0 saturated carbocycles.